The zero-order chi connectivity index (χ0) is 16.8. The molecule has 0 fully saturated rings. The molecule has 0 saturated heterocycles. The Morgan fingerprint density at radius 2 is 1.83 bits per heavy atom. The van der Waals surface area contributed by atoms with Crippen LogP contribution in [0.5, 0.6) is 5.75 Å². The average molecular weight is 441 g/mol. The molecule has 0 saturated carbocycles. The van der Waals surface area contributed by atoms with E-state index in [2.05, 4.69) is 44.1 Å². The number of nitrogens with one attached hydrogen (secondary N) is 1. The first-order valence-electron chi connectivity index (χ1n) is 7.51. The number of hydrogen-bond donors (Lipinski definition) is 1. The molecule has 0 atom stereocenters. The minimum atomic E-state index is -0.178. The summed E-state index contributed by atoms with van der Waals surface area (Å²) in [5.41, 5.74) is 2.31. The minimum Gasteiger partial charge on any atom is -0.493 e. The van der Waals surface area contributed by atoms with Gasteiger partial charge in [0.1, 0.15) is 5.75 Å². The number of benzene rings is 2. The highest BCUT2D eigenvalue weighted by Gasteiger charge is 2.14. The first-order valence-corrected chi connectivity index (χ1v) is 9.09. The number of halogens is 2. The molecule has 0 heterocycles. The third kappa shape index (κ3) is 5.08. The van der Waals surface area contributed by atoms with Crippen molar-refractivity contribution in [2.45, 2.75) is 26.7 Å². The van der Waals surface area contributed by atoms with E-state index in [1.165, 1.54) is 0 Å². The quantitative estimate of drug-likeness (QED) is 0.563. The molecule has 0 aliphatic rings. The van der Waals surface area contributed by atoms with Gasteiger partial charge in [0.25, 0.3) is 5.91 Å². The summed E-state index contributed by atoms with van der Waals surface area (Å²) in [6.07, 6.45) is 2.01. The lowest BCUT2D eigenvalue weighted by Crippen LogP contribution is -2.14. The summed E-state index contributed by atoms with van der Waals surface area (Å²) in [6, 6.07) is 11.2. The van der Waals surface area contributed by atoms with Crippen LogP contribution >= 0.6 is 31.9 Å². The molecular formula is C18H19Br2NO2. The molecule has 3 nitrogen and oxygen atoms in total. The Balaban J connectivity index is 2.21. The average Bonchev–Trinajstić information content (AvgIpc) is 2.51. The van der Waals surface area contributed by atoms with Gasteiger partial charge in [0, 0.05) is 14.6 Å². The van der Waals surface area contributed by atoms with Crippen molar-refractivity contribution >= 4 is 43.5 Å². The molecule has 2 aromatic carbocycles. The second-order valence-corrected chi connectivity index (χ2v) is 7.09. The van der Waals surface area contributed by atoms with Crippen LogP contribution in [0.25, 0.3) is 0 Å². The highest BCUT2D eigenvalue weighted by atomic mass is 79.9. The fourth-order valence-corrected chi connectivity index (χ4v) is 2.93. The molecular weight excluding hydrogens is 422 g/mol. The zero-order valence-electron chi connectivity index (χ0n) is 13.2. The molecule has 0 unspecified atom stereocenters. The zero-order valence-corrected chi connectivity index (χ0v) is 16.3. The lowest BCUT2D eigenvalue weighted by molar-refractivity contribution is 0.102. The Kier molecular flexibility index (Phi) is 6.66. The maximum absolute atomic E-state index is 12.6. The van der Waals surface area contributed by atoms with Gasteiger partial charge in [0.2, 0.25) is 0 Å². The SMILES string of the molecule is CCCCOc1ccc(Br)cc1C(=O)Nc1ccc(Br)cc1C. The summed E-state index contributed by atoms with van der Waals surface area (Å²) in [7, 11) is 0. The molecule has 1 N–H and O–H groups in total. The number of rotatable bonds is 6. The van der Waals surface area contributed by atoms with Gasteiger partial charge in [-0.3, -0.25) is 4.79 Å². The highest BCUT2D eigenvalue weighted by molar-refractivity contribution is 9.10. The summed E-state index contributed by atoms with van der Waals surface area (Å²) in [4.78, 5) is 12.6. The number of unbranched alkanes of at least 4 members (excludes halogenated alkanes) is 1. The Morgan fingerprint density at radius 3 is 2.52 bits per heavy atom. The summed E-state index contributed by atoms with van der Waals surface area (Å²) in [5, 5.41) is 2.95. The predicted octanol–water partition coefficient (Wildman–Crippen LogP) is 5.95. The normalized spacial score (nSPS) is 10.4. The largest absolute Gasteiger partial charge is 0.493 e. The molecule has 5 heteroatoms. The summed E-state index contributed by atoms with van der Waals surface area (Å²) in [6.45, 7) is 4.67. The lowest BCUT2D eigenvalue weighted by atomic mass is 10.1. The molecule has 2 rings (SSSR count). The molecule has 0 aliphatic carbocycles. The Morgan fingerprint density at radius 1 is 1.13 bits per heavy atom. The number of carbonyl (C=O) groups excluding carboxylic acids is 1. The van der Waals surface area contributed by atoms with Crippen molar-refractivity contribution in [3.05, 3.63) is 56.5 Å². The molecule has 1 amide bonds. The Bertz CT molecular complexity index is 701. The van der Waals surface area contributed by atoms with Crippen molar-refractivity contribution in [3.63, 3.8) is 0 Å². The van der Waals surface area contributed by atoms with Crippen LogP contribution in [0.15, 0.2) is 45.3 Å². The summed E-state index contributed by atoms with van der Waals surface area (Å²) >= 11 is 6.84. The van der Waals surface area contributed by atoms with E-state index in [0.717, 1.165) is 33.0 Å². The molecule has 2 aromatic rings. The van der Waals surface area contributed by atoms with Crippen LogP contribution in [-0.2, 0) is 0 Å². The van der Waals surface area contributed by atoms with Gasteiger partial charge in [-0.15, -0.1) is 0 Å². The smallest absolute Gasteiger partial charge is 0.259 e. The number of hydrogen-bond acceptors (Lipinski definition) is 2. The van der Waals surface area contributed by atoms with Crippen LogP contribution in [-0.4, -0.2) is 12.5 Å². The molecule has 23 heavy (non-hydrogen) atoms. The molecule has 122 valence electrons. The van der Waals surface area contributed by atoms with Crippen molar-refractivity contribution in [1.29, 1.82) is 0 Å². The maximum atomic E-state index is 12.6. The highest BCUT2D eigenvalue weighted by Crippen LogP contribution is 2.26. The van der Waals surface area contributed by atoms with Crippen molar-refractivity contribution in [2.24, 2.45) is 0 Å². The standard InChI is InChI=1S/C18H19Br2NO2/c1-3-4-9-23-17-8-6-14(20)11-15(17)18(22)21-16-7-5-13(19)10-12(16)2/h5-8,10-11H,3-4,9H2,1-2H3,(H,21,22). The second kappa shape index (κ2) is 8.50. The predicted molar refractivity (Wildman–Crippen MR) is 101 cm³/mol. The first kappa shape index (κ1) is 18.0. The molecule has 0 bridgehead atoms. The van der Waals surface area contributed by atoms with Gasteiger partial charge in [-0.25, -0.2) is 0 Å². The fourth-order valence-electron chi connectivity index (χ4n) is 2.09. The maximum Gasteiger partial charge on any atom is 0.259 e. The van der Waals surface area contributed by atoms with E-state index < -0.39 is 0 Å². The topological polar surface area (TPSA) is 38.3 Å². The van der Waals surface area contributed by atoms with Crippen molar-refractivity contribution < 1.29 is 9.53 Å². The van der Waals surface area contributed by atoms with Gasteiger partial charge in [-0.1, -0.05) is 45.2 Å². The van der Waals surface area contributed by atoms with Gasteiger partial charge in [-0.05, 0) is 55.3 Å². The van der Waals surface area contributed by atoms with Crippen LogP contribution in [0.3, 0.4) is 0 Å². The van der Waals surface area contributed by atoms with Crippen molar-refractivity contribution in [3.8, 4) is 5.75 Å². The fraction of sp³-hybridized carbons (Fsp3) is 0.278. The van der Waals surface area contributed by atoms with Crippen LogP contribution in [0.2, 0.25) is 0 Å². The summed E-state index contributed by atoms with van der Waals surface area (Å²) in [5.74, 6) is 0.428. The molecule has 0 aliphatic heterocycles. The summed E-state index contributed by atoms with van der Waals surface area (Å²) < 4.78 is 7.58. The van der Waals surface area contributed by atoms with Gasteiger partial charge >= 0.3 is 0 Å². The number of aryl methyl sites for hydroxylation is 1. The number of ether oxygens (including phenoxy) is 1. The van der Waals surface area contributed by atoms with Gasteiger partial charge in [0.15, 0.2) is 0 Å². The third-order valence-corrected chi connectivity index (χ3v) is 4.36. The second-order valence-electron chi connectivity index (χ2n) is 5.26. The minimum absolute atomic E-state index is 0.178. The van der Waals surface area contributed by atoms with E-state index in [0.29, 0.717) is 17.9 Å². The third-order valence-electron chi connectivity index (χ3n) is 3.38. The first-order chi connectivity index (χ1) is 11.0. The lowest BCUT2D eigenvalue weighted by Gasteiger charge is -2.13. The van der Waals surface area contributed by atoms with E-state index in [1.54, 1.807) is 6.07 Å². The molecule has 0 aromatic heterocycles. The van der Waals surface area contributed by atoms with E-state index in [4.69, 9.17) is 4.74 Å². The number of amides is 1. The van der Waals surface area contributed by atoms with Crippen LogP contribution in [0.4, 0.5) is 5.69 Å². The molecule has 0 spiro atoms. The Hall–Kier alpha value is -1.33. The van der Waals surface area contributed by atoms with E-state index in [1.807, 2.05) is 37.3 Å². The van der Waals surface area contributed by atoms with E-state index in [-0.39, 0.29) is 5.91 Å². The van der Waals surface area contributed by atoms with Gasteiger partial charge in [0.05, 0.1) is 12.2 Å². The van der Waals surface area contributed by atoms with Crippen molar-refractivity contribution in [2.75, 3.05) is 11.9 Å². The van der Waals surface area contributed by atoms with Crippen LogP contribution in [0.1, 0.15) is 35.7 Å². The van der Waals surface area contributed by atoms with E-state index in [9.17, 15) is 4.79 Å². The number of carbonyl (C=O) groups is 1. The number of anilines is 1. The molecule has 0 radical (unpaired) electrons. The monoisotopic (exact) mass is 439 g/mol. The van der Waals surface area contributed by atoms with Gasteiger partial charge < -0.3 is 10.1 Å². The van der Waals surface area contributed by atoms with Gasteiger partial charge in [-0.2, -0.15) is 0 Å². The van der Waals surface area contributed by atoms with Crippen LogP contribution < -0.4 is 10.1 Å². The van der Waals surface area contributed by atoms with Crippen LogP contribution in [0, 0.1) is 6.92 Å². The Labute approximate surface area is 153 Å². The van der Waals surface area contributed by atoms with E-state index >= 15 is 0 Å². The van der Waals surface area contributed by atoms with Crippen molar-refractivity contribution in [1.82, 2.24) is 0 Å².